The summed E-state index contributed by atoms with van der Waals surface area (Å²) >= 11 is 4.36. The second-order valence-electron chi connectivity index (χ2n) is 3.15. The maximum Gasteiger partial charge on any atom is 0.0534 e. The van der Waals surface area contributed by atoms with E-state index in [9.17, 15) is 0 Å². The third-order valence-electron chi connectivity index (χ3n) is 2.34. The van der Waals surface area contributed by atoms with E-state index in [0.29, 0.717) is 0 Å². The van der Waals surface area contributed by atoms with E-state index in [4.69, 9.17) is 0 Å². The Bertz CT molecular complexity index is 148. The summed E-state index contributed by atoms with van der Waals surface area (Å²) in [6.45, 7) is 0. The lowest BCUT2D eigenvalue weighted by molar-refractivity contribution is 0.520. The highest BCUT2D eigenvalue weighted by molar-refractivity contribution is 8.20. The Morgan fingerprint density at radius 3 is 2.55 bits per heavy atom. The summed E-state index contributed by atoms with van der Waals surface area (Å²) in [5.74, 6) is 3.75. The average Bonchev–Trinajstić information content (AvgIpc) is 2.58. The van der Waals surface area contributed by atoms with Gasteiger partial charge in [-0.3, -0.25) is 0 Å². The van der Waals surface area contributed by atoms with Gasteiger partial charge in [0.2, 0.25) is 0 Å². The van der Waals surface area contributed by atoms with Crippen molar-refractivity contribution in [2.45, 2.75) is 23.8 Å². The molecule has 0 spiro atoms. The minimum atomic E-state index is 0.931. The number of hydrogen-bond donors (Lipinski definition) is 0. The van der Waals surface area contributed by atoms with Crippen molar-refractivity contribution < 1.29 is 0 Å². The second-order valence-corrected chi connectivity index (χ2v) is 5.95. The normalized spacial score (nSPS) is 32.9. The number of rotatable bonds is 1. The number of hydrogen-bond acceptors (Lipinski definition) is 2. The summed E-state index contributed by atoms with van der Waals surface area (Å²) in [5.41, 5.74) is 0. The Morgan fingerprint density at radius 1 is 1.09 bits per heavy atom. The molecule has 1 aliphatic heterocycles. The van der Waals surface area contributed by atoms with Gasteiger partial charge in [0.15, 0.2) is 0 Å². The van der Waals surface area contributed by atoms with Crippen LogP contribution in [0.1, 0.15) is 19.3 Å². The fraction of sp³-hybridized carbons (Fsp3) is 0.778. The van der Waals surface area contributed by atoms with Crippen LogP contribution in [0.15, 0.2) is 12.2 Å². The van der Waals surface area contributed by atoms with Crippen LogP contribution in [0, 0.1) is 5.92 Å². The zero-order valence-corrected chi connectivity index (χ0v) is 8.29. The molecule has 0 aromatic heterocycles. The SMILES string of the molecule is C1=CCC(C2SCCS2)CC1. The van der Waals surface area contributed by atoms with Crippen LogP contribution in [-0.2, 0) is 0 Å². The van der Waals surface area contributed by atoms with E-state index < -0.39 is 0 Å². The maximum atomic E-state index is 2.37. The predicted octanol–water partition coefficient (Wildman–Crippen LogP) is 3.15. The van der Waals surface area contributed by atoms with Gasteiger partial charge in [0.05, 0.1) is 4.58 Å². The van der Waals surface area contributed by atoms with Crippen LogP contribution in [0.5, 0.6) is 0 Å². The van der Waals surface area contributed by atoms with Crippen molar-refractivity contribution in [2.24, 2.45) is 5.92 Å². The number of thioether (sulfide) groups is 2. The van der Waals surface area contributed by atoms with Gasteiger partial charge in [-0.15, -0.1) is 23.5 Å². The predicted molar refractivity (Wildman–Crippen MR) is 55.2 cm³/mol. The lowest BCUT2D eigenvalue weighted by Gasteiger charge is -2.22. The molecule has 0 bridgehead atoms. The molecular formula is C9H14S2. The molecule has 2 heteroatoms. The molecule has 0 aromatic rings. The van der Waals surface area contributed by atoms with Gasteiger partial charge in [-0.2, -0.15) is 0 Å². The van der Waals surface area contributed by atoms with Crippen LogP contribution < -0.4 is 0 Å². The molecule has 1 fully saturated rings. The zero-order chi connectivity index (χ0) is 7.52. The van der Waals surface area contributed by atoms with E-state index in [2.05, 4.69) is 35.7 Å². The quantitative estimate of drug-likeness (QED) is 0.577. The number of allylic oxidation sites excluding steroid dienone is 2. The molecule has 1 heterocycles. The Hall–Kier alpha value is 0.440. The van der Waals surface area contributed by atoms with Crippen molar-refractivity contribution in [3.05, 3.63) is 12.2 Å². The summed E-state index contributed by atoms with van der Waals surface area (Å²) in [6.07, 6.45) is 8.79. The van der Waals surface area contributed by atoms with Crippen LogP contribution in [0.25, 0.3) is 0 Å². The average molecular weight is 186 g/mol. The zero-order valence-electron chi connectivity index (χ0n) is 6.66. The van der Waals surface area contributed by atoms with Gasteiger partial charge in [-0.25, -0.2) is 0 Å². The standard InChI is InChI=1S/C9H14S2/c1-2-4-8(5-3-1)9-10-6-7-11-9/h1-2,8-9H,3-7H2. The fourth-order valence-electron chi connectivity index (χ4n) is 1.71. The minimum Gasteiger partial charge on any atom is -0.146 e. The van der Waals surface area contributed by atoms with Crippen LogP contribution in [-0.4, -0.2) is 16.1 Å². The first kappa shape index (κ1) is 8.06. The molecule has 1 aliphatic carbocycles. The van der Waals surface area contributed by atoms with Crippen LogP contribution in [0.2, 0.25) is 0 Å². The van der Waals surface area contributed by atoms with Crippen molar-refractivity contribution in [2.75, 3.05) is 11.5 Å². The van der Waals surface area contributed by atoms with Crippen LogP contribution >= 0.6 is 23.5 Å². The van der Waals surface area contributed by atoms with Crippen molar-refractivity contribution in [3.63, 3.8) is 0 Å². The van der Waals surface area contributed by atoms with Crippen molar-refractivity contribution in [1.29, 1.82) is 0 Å². The van der Waals surface area contributed by atoms with E-state index in [1.807, 2.05) is 0 Å². The van der Waals surface area contributed by atoms with E-state index in [-0.39, 0.29) is 0 Å². The lowest BCUT2D eigenvalue weighted by atomic mass is 9.96. The molecule has 2 aliphatic rings. The topological polar surface area (TPSA) is 0 Å². The molecule has 1 unspecified atom stereocenters. The van der Waals surface area contributed by atoms with Crippen LogP contribution in [0.4, 0.5) is 0 Å². The highest BCUT2D eigenvalue weighted by Gasteiger charge is 2.25. The lowest BCUT2D eigenvalue weighted by Crippen LogP contribution is -2.12. The van der Waals surface area contributed by atoms with Crippen molar-refractivity contribution in [1.82, 2.24) is 0 Å². The van der Waals surface area contributed by atoms with Crippen LogP contribution in [0.3, 0.4) is 0 Å². The third-order valence-corrected chi connectivity index (χ3v) is 5.72. The Morgan fingerprint density at radius 2 is 1.91 bits per heavy atom. The molecule has 0 saturated carbocycles. The Labute approximate surface area is 77.2 Å². The van der Waals surface area contributed by atoms with Gasteiger partial charge in [0, 0.05) is 11.5 Å². The van der Waals surface area contributed by atoms with Gasteiger partial charge in [0.1, 0.15) is 0 Å². The summed E-state index contributed by atoms with van der Waals surface area (Å²) in [7, 11) is 0. The molecule has 0 N–H and O–H groups in total. The van der Waals surface area contributed by atoms with Gasteiger partial charge < -0.3 is 0 Å². The fourth-order valence-corrected chi connectivity index (χ4v) is 4.95. The van der Waals surface area contributed by atoms with E-state index in [0.717, 1.165) is 10.5 Å². The van der Waals surface area contributed by atoms with Gasteiger partial charge in [-0.1, -0.05) is 12.2 Å². The van der Waals surface area contributed by atoms with Crippen molar-refractivity contribution >= 4 is 23.5 Å². The third kappa shape index (κ3) is 1.97. The molecule has 62 valence electrons. The first-order valence-corrected chi connectivity index (χ1v) is 6.45. The molecule has 0 radical (unpaired) electrons. The van der Waals surface area contributed by atoms with Gasteiger partial charge in [-0.05, 0) is 25.2 Å². The molecule has 0 amide bonds. The summed E-state index contributed by atoms with van der Waals surface area (Å²) in [4.78, 5) is 0. The molecule has 2 rings (SSSR count). The molecule has 1 atom stereocenters. The molecular weight excluding hydrogens is 172 g/mol. The summed E-state index contributed by atoms with van der Waals surface area (Å²) in [5, 5.41) is 0. The highest BCUT2D eigenvalue weighted by atomic mass is 32.2. The first-order valence-electron chi connectivity index (χ1n) is 4.35. The monoisotopic (exact) mass is 186 g/mol. The van der Waals surface area contributed by atoms with E-state index in [1.165, 1.54) is 30.8 Å². The molecule has 0 nitrogen and oxygen atoms in total. The summed E-state index contributed by atoms with van der Waals surface area (Å²) in [6, 6.07) is 0. The van der Waals surface area contributed by atoms with Gasteiger partial charge >= 0.3 is 0 Å². The summed E-state index contributed by atoms with van der Waals surface area (Å²) < 4.78 is 0.931. The molecule has 1 saturated heterocycles. The van der Waals surface area contributed by atoms with Crippen molar-refractivity contribution in [3.8, 4) is 0 Å². The smallest absolute Gasteiger partial charge is 0.0534 e. The Balaban J connectivity index is 1.88. The second kappa shape index (κ2) is 3.90. The first-order chi connectivity index (χ1) is 5.47. The van der Waals surface area contributed by atoms with E-state index >= 15 is 0 Å². The van der Waals surface area contributed by atoms with E-state index in [1.54, 1.807) is 0 Å². The van der Waals surface area contributed by atoms with Gasteiger partial charge in [0.25, 0.3) is 0 Å². The largest absolute Gasteiger partial charge is 0.146 e. The maximum absolute atomic E-state index is 2.37. The Kier molecular flexibility index (Phi) is 2.86. The highest BCUT2D eigenvalue weighted by Crippen LogP contribution is 2.41. The molecule has 11 heavy (non-hydrogen) atoms. The molecule has 0 aromatic carbocycles. The minimum absolute atomic E-state index is 0.931.